The average Bonchev–Trinajstić information content (AvgIpc) is 2.78. The van der Waals surface area contributed by atoms with Gasteiger partial charge in [-0.25, -0.2) is 21.6 Å². The number of benzene rings is 3. The van der Waals surface area contributed by atoms with Crippen molar-refractivity contribution >= 4 is 25.7 Å². The summed E-state index contributed by atoms with van der Waals surface area (Å²) in [6, 6.07) is 25.3. The summed E-state index contributed by atoms with van der Waals surface area (Å²) < 4.78 is 54.8. The Bertz CT molecular complexity index is 1140. The predicted octanol–water partition coefficient (Wildman–Crippen LogP) is 3.64. The zero-order valence-electron chi connectivity index (χ0n) is 16.4. The summed E-state index contributed by atoms with van der Waals surface area (Å²) in [6.07, 6.45) is 0.998. The maximum atomic E-state index is 13.2. The largest absolute Gasteiger partial charge is 0.266 e. The van der Waals surface area contributed by atoms with Crippen molar-refractivity contribution in [1.82, 2.24) is 4.72 Å². The summed E-state index contributed by atoms with van der Waals surface area (Å²) in [5.41, 5.74) is 0.575. The summed E-state index contributed by atoms with van der Waals surface area (Å²) in [6.45, 7) is 0.472. The molecule has 1 N–H and O–H groups in total. The molecule has 158 valence electrons. The van der Waals surface area contributed by atoms with Gasteiger partial charge in [-0.3, -0.25) is 4.31 Å². The van der Waals surface area contributed by atoms with Crippen LogP contribution in [-0.2, 0) is 20.0 Å². The minimum atomic E-state index is -3.72. The Morgan fingerprint density at radius 3 is 1.70 bits per heavy atom. The van der Waals surface area contributed by atoms with E-state index in [0.29, 0.717) is 18.5 Å². The fraction of sp³-hybridized carbons (Fsp3) is 0.182. The second kappa shape index (κ2) is 9.88. The first-order chi connectivity index (χ1) is 14.4. The quantitative estimate of drug-likeness (QED) is 0.484. The topological polar surface area (TPSA) is 83.6 Å². The average molecular weight is 445 g/mol. The number of sulfonamides is 2. The van der Waals surface area contributed by atoms with E-state index >= 15 is 0 Å². The summed E-state index contributed by atoms with van der Waals surface area (Å²) in [7, 11) is -7.28. The van der Waals surface area contributed by atoms with E-state index < -0.39 is 20.0 Å². The van der Waals surface area contributed by atoms with E-state index in [1.807, 2.05) is 6.07 Å². The molecule has 30 heavy (non-hydrogen) atoms. The van der Waals surface area contributed by atoms with Crippen LogP contribution in [0, 0.1) is 0 Å². The zero-order valence-corrected chi connectivity index (χ0v) is 18.0. The standard InChI is InChI=1S/C22H24N2O4S2/c25-29(26,21-14-6-2-7-15-21)23-18-10-11-19-24(20-12-4-1-5-13-20)30(27,28)22-16-8-3-9-17-22/h1-9,12-17,23H,10-11,18-19H2. The molecule has 0 aliphatic rings. The van der Waals surface area contributed by atoms with Crippen LogP contribution in [0.1, 0.15) is 12.8 Å². The van der Waals surface area contributed by atoms with Crippen molar-refractivity contribution in [2.45, 2.75) is 22.6 Å². The summed E-state index contributed by atoms with van der Waals surface area (Å²) >= 11 is 0. The van der Waals surface area contributed by atoms with Crippen LogP contribution >= 0.6 is 0 Å². The van der Waals surface area contributed by atoms with Gasteiger partial charge < -0.3 is 0 Å². The van der Waals surface area contributed by atoms with E-state index in [1.54, 1.807) is 72.8 Å². The Hall–Kier alpha value is -2.68. The van der Waals surface area contributed by atoms with E-state index in [-0.39, 0.29) is 22.9 Å². The number of hydrogen-bond acceptors (Lipinski definition) is 4. The summed E-state index contributed by atoms with van der Waals surface area (Å²) in [5, 5.41) is 0. The van der Waals surface area contributed by atoms with Crippen molar-refractivity contribution in [3.63, 3.8) is 0 Å². The number of hydrogen-bond donors (Lipinski definition) is 1. The van der Waals surface area contributed by atoms with Gasteiger partial charge in [0.2, 0.25) is 10.0 Å². The van der Waals surface area contributed by atoms with Gasteiger partial charge in [0.05, 0.1) is 15.5 Å². The van der Waals surface area contributed by atoms with Gasteiger partial charge in [-0.1, -0.05) is 54.6 Å². The molecule has 0 aliphatic heterocycles. The Labute approximate surface area is 178 Å². The number of nitrogens with one attached hydrogen (secondary N) is 1. The molecule has 0 heterocycles. The second-order valence-corrected chi connectivity index (χ2v) is 10.3. The second-order valence-electron chi connectivity index (χ2n) is 6.64. The van der Waals surface area contributed by atoms with Crippen LogP contribution in [0.25, 0.3) is 0 Å². The van der Waals surface area contributed by atoms with Gasteiger partial charge >= 0.3 is 0 Å². The van der Waals surface area contributed by atoms with Crippen LogP contribution in [0.15, 0.2) is 101 Å². The van der Waals surface area contributed by atoms with Gasteiger partial charge in [0.25, 0.3) is 10.0 Å². The molecule has 0 saturated heterocycles. The molecule has 0 aliphatic carbocycles. The molecule has 8 heteroatoms. The molecular weight excluding hydrogens is 420 g/mol. The van der Waals surface area contributed by atoms with Gasteiger partial charge in [0.15, 0.2) is 0 Å². The van der Waals surface area contributed by atoms with Gasteiger partial charge in [-0.15, -0.1) is 0 Å². The van der Waals surface area contributed by atoms with E-state index in [0.717, 1.165) is 0 Å². The van der Waals surface area contributed by atoms with E-state index in [2.05, 4.69) is 4.72 Å². The molecule has 3 aromatic carbocycles. The highest BCUT2D eigenvalue weighted by molar-refractivity contribution is 7.92. The molecule has 0 unspecified atom stereocenters. The lowest BCUT2D eigenvalue weighted by molar-refractivity contribution is 0.573. The van der Waals surface area contributed by atoms with Crippen molar-refractivity contribution in [1.29, 1.82) is 0 Å². The van der Waals surface area contributed by atoms with Gasteiger partial charge in [-0.05, 0) is 49.2 Å². The molecule has 3 aromatic rings. The molecule has 0 atom stereocenters. The monoisotopic (exact) mass is 444 g/mol. The summed E-state index contributed by atoms with van der Waals surface area (Å²) in [4.78, 5) is 0.432. The van der Waals surface area contributed by atoms with E-state index in [4.69, 9.17) is 0 Å². The SMILES string of the molecule is O=S(=O)(NCCCCN(c1ccccc1)S(=O)(=O)c1ccccc1)c1ccccc1. The molecule has 0 radical (unpaired) electrons. The minimum Gasteiger partial charge on any atom is -0.266 e. The number of nitrogens with zero attached hydrogens (tertiary/aromatic N) is 1. The van der Waals surface area contributed by atoms with Gasteiger partial charge in [0.1, 0.15) is 0 Å². The highest BCUT2D eigenvalue weighted by atomic mass is 32.2. The molecular formula is C22H24N2O4S2. The molecule has 0 amide bonds. The van der Waals surface area contributed by atoms with Crippen LogP contribution in [0.4, 0.5) is 5.69 Å². The lowest BCUT2D eigenvalue weighted by atomic mass is 10.3. The van der Waals surface area contributed by atoms with Gasteiger partial charge in [-0.2, -0.15) is 0 Å². The number of para-hydroxylation sites is 1. The number of anilines is 1. The van der Waals surface area contributed by atoms with Crippen LogP contribution < -0.4 is 9.03 Å². The number of rotatable bonds is 10. The van der Waals surface area contributed by atoms with E-state index in [9.17, 15) is 16.8 Å². The molecule has 3 rings (SSSR count). The van der Waals surface area contributed by atoms with E-state index in [1.165, 1.54) is 16.4 Å². The maximum absolute atomic E-state index is 13.2. The molecule has 0 aromatic heterocycles. The van der Waals surface area contributed by atoms with Crippen molar-refractivity contribution in [2.75, 3.05) is 17.4 Å². The van der Waals surface area contributed by atoms with Crippen molar-refractivity contribution < 1.29 is 16.8 Å². The minimum absolute atomic E-state index is 0.211. The lowest BCUT2D eigenvalue weighted by Gasteiger charge is -2.24. The first kappa shape index (κ1) is 22.0. The fourth-order valence-electron chi connectivity index (χ4n) is 2.97. The Morgan fingerprint density at radius 1 is 0.633 bits per heavy atom. The van der Waals surface area contributed by atoms with Crippen LogP contribution in [-0.4, -0.2) is 29.9 Å². The fourth-order valence-corrected chi connectivity index (χ4v) is 5.59. The predicted molar refractivity (Wildman–Crippen MR) is 118 cm³/mol. The molecule has 6 nitrogen and oxygen atoms in total. The van der Waals surface area contributed by atoms with Crippen molar-refractivity contribution in [2.24, 2.45) is 0 Å². The lowest BCUT2D eigenvalue weighted by Crippen LogP contribution is -2.32. The Morgan fingerprint density at radius 2 is 1.13 bits per heavy atom. The maximum Gasteiger partial charge on any atom is 0.264 e. The van der Waals surface area contributed by atoms with Crippen LogP contribution in [0.2, 0.25) is 0 Å². The molecule has 0 bridgehead atoms. The highest BCUT2D eigenvalue weighted by Crippen LogP contribution is 2.23. The Kier molecular flexibility index (Phi) is 7.25. The molecule has 0 spiro atoms. The van der Waals surface area contributed by atoms with Crippen LogP contribution in [0.5, 0.6) is 0 Å². The highest BCUT2D eigenvalue weighted by Gasteiger charge is 2.24. The molecule has 0 fully saturated rings. The third kappa shape index (κ3) is 5.47. The number of unbranched alkanes of at least 4 members (excludes halogenated alkanes) is 1. The summed E-state index contributed by atoms with van der Waals surface area (Å²) in [5.74, 6) is 0. The first-order valence-corrected chi connectivity index (χ1v) is 12.5. The van der Waals surface area contributed by atoms with Crippen molar-refractivity contribution in [3.8, 4) is 0 Å². The third-order valence-electron chi connectivity index (χ3n) is 4.51. The zero-order chi connectivity index (χ0) is 21.5. The van der Waals surface area contributed by atoms with Gasteiger partial charge in [0, 0.05) is 13.1 Å². The normalized spacial score (nSPS) is 11.9. The Balaban J connectivity index is 1.65. The van der Waals surface area contributed by atoms with Crippen molar-refractivity contribution in [3.05, 3.63) is 91.0 Å². The first-order valence-electron chi connectivity index (χ1n) is 9.59. The van der Waals surface area contributed by atoms with Crippen LogP contribution in [0.3, 0.4) is 0 Å². The molecule has 0 saturated carbocycles. The smallest absolute Gasteiger partial charge is 0.264 e. The third-order valence-corrected chi connectivity index (χ3v) is 7.83.